The summed E-state index contributed by atoms with van der Waals surface area (Å²) in [6.07, 6.45) is 6.79. The molecule has 0 aliphatic carbocycles. The van der Waals surface area contributed by atoms with E-state index in [2.05, 4.69) is 68.9 Å². The second-order valence-electron chi connectivity index (χ2n) is 13.9. The lowest BCUT2D eigenvalue weighted by atomic mass is 9.82. The number of amides is 2. The van der Waals surface area contributed by atoms with Gasteiger partial charge >= 0.3 is 0 Å². The normalized spacial score (nSPS) is 18.7. The highest BCUT2D eigenvalue weighted by Gasteiger charge is 2.40. The minimum atomic E-state index is -0.346. The van der Waals surface area contributed by atoms with Crippen molar-refractivity contribution in [3.05, 3.63) is 140 Å². The van der Waals surface area contributed by atoms with Crippen molar-refractivity contribution in [3.63, 3.8) is 0 Å². The first-order valence-corrected chi connectivity index (χ1v) is 18.8. The van der Waals surface area contributed by atoms with Gasteiger partial charge in [0.15, 0.2) is 0 Å². The molecule has 4 aromatic carbocycles. The summed E-state index contributed by atoms with van der Waals surface area (Å²) in [5, 5.41) is 8.92. The number of hydrogen-bond acceptors (Lipinski definition) is 4. The van der Waals surface area contributed by atoms with E-state index >= 15 is 0 Å². The molecule has 2 unspecified atom stereocenters. The number of allylic oxidation sites excluding steroid dienone is 2. The number of piperidine rings is 1. The van der Waals surface area contributed by atoms with Crippen molar-refractivity contribution in [1.82, 2.24) is 15.2 Å². The van der Waals surface area contributed by atoms with E-state index in [0.29, 0.717) is 20.8 Å². The van der Waals surface area contributed by atoms with Crippen LogP contribution in [0.5, 0.6) is 0 Å². The molecule has 0 saturated carbocycles. The maximum atomic E-state index is 14.8. The molecule has 1 aromatic heterocycles. The van der Waals surface area contributed by atoms with E-state index in [9.17, 15) is 9.59 Å². The monoisotopic (exact) mass is 749 g/mol. The predicted molar refractivity (Wildman–Crippen MR) is 213 cm³/mol. The van der Waals surface area contributed by atoms with Crippen LogP contribution in [-0.4, -0.2) is 40.8 Å². The highest BCUT2D eigenvalue weighted by Crippen LogP contribution is 2.53. The Kier molecular flexibility index (Phi) is 9.28. The maximum Gasteiger partial charge on any atom is 0.272 e. The van der Waals surface area contributed by atoms with Crippen LogP contribution in [0.3, 0.4) is 0 Å². The summed E-state index contributed by atoms with van der Waals surface area (Å²) in [5.74, 6) is -0.128. The zero-order chi connectivity index (χ0) is 36.1. The SMILES string of the molecule is CC(=O)NC1CCN(c2ccccc2NC(=O)c2[nH]c3cc(Cl)cc4c3c2C2=C(c3ccccc3)C(C)CC=CN2C4c2ccc(Cl)cc2Cl)CC1. The van der Waals surface area contributed by atoms with Gasteiger partial charge < -0.3 is 25.4 Å². The maximum absolute atomic E-state index is 14.8. The first-order chi connectivity index (χ1) is 25.2. The summed E-state index contributed by atoms with van der Waals surface area (Å²) in [6.45, 7) is 5.32. The number of carbonyl (C=O) groups is 2. The van der Waals surface area contributed by atoms with Crippen LogP contribution < -0.4 is 15.5 Å². The first kappa shape index (κ1) is 34.4. The number of aromatic nitrogens is 1. The lowest BCUT2D eigenvalue weighted by Gasteiger charge is -2.39. The lowest BCUT2D eigenvalue weighted by molar-refractivity contribution is -0.119. The van der Waals surface area contributed by atoms with Crippen LogP contribution in [0.4, 0.5) is 11.4 Å². The first-order valence-electron chi connectivity index (χ1n) is 17.7. The smallest absolute Gasteiger partial charge is 0.272 e. The highest BCUT2D eigenvalue weighted by atomic mass is 35.5. The Morgan fingerprint density at radius 2 is 1.62 bits per heavy atom. The van der Waals surface area contributed by atoms with E-state index in [1.807, 2.05) is 54.6 Å². The third kappa shape index (κ3) is 6.25. The van der Waals surface area contributed by atoms with Gasteiger partial charge in [0.25, 0.3) is 5.91 Å². The van der Waals surface area contributed by atoms with Gasteiger partial charge in [0.05, 0.1) is 23.1 Å². The Morgan fingerprint density at radius 3 is 2.37 bits per heavy atom. The quantitative estimate of drug-likeness (QED) is 0.161. The number of benzene rings is 4. The van der Waals surface area contributed by atoms with E-state index in [1.54, 1.807) is 13.0 Å². The van der Waals surface area contributed by atoms with Crippen LogP contribution in [-0.2, 0) is 4.79 Å². The number of hydrogen-bond donors (Lipinski definition) is 3. The molecular formula is C42H38Cl3N5O2. The van der Waals surface area contributed by atoms with Crippen molar-refractivity contribution in [2.45, 2.75) is 45.2 Å². The molecule has 3 N–H and O–H groups in total. The number of nitrogens with zero attached hydrogens (tertiary/aromatic N) is 2. The van der Waals surface area contributed by atoms with Crippen LogP contribution >= 0.6 is 34.8 Å². The molecular weight excluding hydrogens is 713 g/mol. The average Bonchev–Trinajstić information content (AvgIpc) is 3.41. The van der Waals surface area contributed by atoms with Crippen molar-refractivity contribution in [1.29, 1.82) is 0 Å². The van der Waals surface area contributed by atoms with Crippen LogP contribution in [0.1, 0.15) is 71.9 Å². The van der Waals surface area contributed by atoms with Crippen LogP contribution in [0, 0.1) is 5.92 Å². The topological polar surface area (TPSA) is 80.5 Å². The number of carbonyl (C=O) groups excluding carboxylic acids is 2. The Labute approximate surface area is 318 Å². The van der Waals surface area contributed by atoms with E-state index in [-0.39, 0.29) is 29.8 Å². The van der Waals surface area contributed by atoms with Crippen LogP contribution in [0.25, 0.3) is 22.2 Å². The largest absolute Gasteiger partial charge is 0.370 e. The van der Waals surface area contributed by atoms with E-state index in [0.717, 1.165) is 88.2 Å². The minimum absolute atomic E-state index is 0.0110. The standard InChI is InChI=1S/C42H38Cl3N5O2/c1-24-9-8-18-50-40(30-15-14-27(43)22-32(30)45)31-21-28(44)23-34-37(31)38(41(50)36(24)26-10-4-3-5-11-26)39(47-34)42(52)48-33-12-6-7-13-35(33)49-19-16-29(17-20-49)46-25(2)51/h3-8,10-15,18,21-24,29,40,47H,9,16-17,19-20H2,1-2H3,(H,46,51)(H,48,52). The third-order valence-electron chi connectivity index (χ3n) is 10.4. The highest BCUT2D eigenvalue weighted by molar-refractivity contribution is 6.35. The molecule has 1 fully saturated rings. The second-order valence-corrected chi connectivity index (χ2v) is 15.1. The number of H-pyrrole nitrogens is 1. The van der Waals surface area contributed by atoms with Gasteiger partial charge in [0, 0.05) is 63.8 Å². The number of rotatable bonds is 6. The fourth-order valence-electron chi connectivity index (χ4n) is 8.19. The summed E-state index contributed by atoms with van der Waals surface area (Å²) in [4.78, 5) is 34.5. The third-order valence-corrected chi connectivity index (χ3v) is 11.2. The van der Waals surface area contributed by atoms with Crippen molar-refractivity contribution < 1.29 is 9.59 Å². The van der Waals surface area contributed by atoms with Crippen molar-refractivity contribution in [2.24, 2.45) is 5.92 Å². The van der Waals surface area contributed by atoms with Gasteiger partial charge in [-0.3, -0.25) is 9.59 Å². The Bertz CT molecular complexity index is 2270. The summed E-state index contributed by atoms with van der Waals surface area (Å²) >= 11 is 20.3. The molecule has 1 saturated heterocycles. The Balaban J connectivity index is 1.31. The Morgan fingerprint density at radius 1 is 0.865 bits per heavy atom. The second kappa shape index (κ2) is 14.0. The molecule has 0 radical (unpaired) electrons. The molecule has 2 atom stereocenters. The summed E-state index contributed by atoms with van der Waals surface area (Å²) in [7, 11) is 0. The fourth-order valence-corrected chi connectivity index (χ4v) is 8.93. The fraction of sp³-hybridized carbons (Fsp3) is 0.238. The van der Waals surface area contributed by atoms with E-state index in [1.165, 1.54) is 0 Å². The number of nitrogens with one attached hydrogen (secondary N) is 3. The van der Waals surface area contributed by atoms with Crippen LogP contribution in [0.15, 0.2) is 97.2 Å². The molecule has 10 heteroatoms. The molecule has 264 valence electrons. The zero-order valence-corrected chi connectivity index (χ0v) is 31.1. The molecule has 3 aliphatic heterocycles. The van der Waals surface area contributed by atoms with E-state index < -0.39 is 0 Å². The summed E-state index contributed by atoms with van der Waals surface area (Å²) < 4.78 is 0. The van der Waals surface area contributed by atoms with Gasteiger partial charge in [-0.2, -0.15) is 0 Å². The van der Waals surface area contributed by atoms with Crippen molar-refractivity contribution >= 4 is 80.2 Å². The molecule has 8 rings (SSSR count). The van der Waals surface area contributed by atoms with Crippen LogP contribution in [0.2, 0.25) is 15.1 Å². The molecule has 3 aliphatic rings. The molecule has 52 heavy (non-hydrogen) atoms. The lowest BCUT2D eigenvalue weighted by Crippen LogP contribution is -2.44. The summed E-state index contributed by atoms with van der Waals surface area (Å²) in [5.41, 5.74) is 8.71. The number of anilines is 2. The average molecular weight is 751 g/mol. The number of para-hydroxylation sites is 2. The van der Waals surface area contributed by atoms with Gasteiger partial charge in [0.1, 0.15) is 5.69 Å². The molecule has 0 bridgehead atoms. The predicted octanol–water partition coefficient (Wildman–Crippen LogP) is 10.3. The van der Waals surface area contributed by atoms with E-state index in [4.69, 9.17) is 34.8 Å². The zero-order valence-electron chi connectivity index (χ0n) is 28.9. The number of fused-ring (bicyclic) bond motifs is 2. The number of halogens is 3. The Hall–Kier alpha value is -4.69. The molecule has 0 spiro atoms. The van der Waals surface area contributed by atoms with Gasteiger partial charge in [0.2, 0.25) is 5.91 Å². The molecule has 4 heterocycles. The van der Waals surface area contributed by atoms with Gasteiger partial charge in [-0.25, -0.2) is 0 Å². The molecule has 5 aromatic rings. The summed E-state index contributed by atoms with van der Waals surface area (Å²) in [6, 6.07) is 27.6. The van der Waals surface area contributed by atoms with Crippen molar-refractivity contribution in [2.75, 3.05) is 23.3 Å². The minimum Gasteiger partial charge on any atom is -0.370 e. The van der Waals surface area contributed by atoms with Gasteiger partial charge in [-0.15, -0.1) is 0 Å². The van der Waals surface area contributed by atoms with Gasteiger partial charge in [-0.1, -0.05) is 96.3 Å². The van der Waals surface area contributed by atoms with Crippen molar-refractivity contribution in [3.8, 4) is 0 Å². The molecule has 2 amide bonds. The molecule has 7 nitrogen and oxygen atoms in total. The van der Waals surface area contributed by atoms with Gasteiger partial charge in [-0.05, 0) is 83.8 Å². The number of aromatic amines is 1.